The van der Waals surface area contributed by atoms with Crippen molar-refractivity contribution in [2.45, 2.75) is 31.9 Å². The Labute approximate surface area is 83.3 Å². The molecule has 0 saturated carbocycles. The number of ether oxygens (including phenoxy) is 1. The highest BCUT2D eigenvalue weighted by Crippen LogP contribution is 2.26. The number of nitrogens with zero attached hydrogens (tertiary/aromatic N) is 3. The Kier molecular flexibility index (Phi) is 3.10. The van der Waals surface area contributed by atoms with E-state index in [0.717, 1.165) is 38.2 Å². The largest absolute Gasteiger partial charge is 0.370 e. The first-order valence-electron chi connectivity index (χ1n) is 5.11. The molecular formula is C9H16N4O. The Hall–Kier alpha value is -0.940. The predicted octanol–water partition coefficient (Wildman–Crippen LogP) is 0.478. The highest BCUT2D eigenvalue weighted by Gasteiger charge is 2.22. The van der Waals surface area contributed by atoms with Crippen LogP contribution in [-0.2, 0) is 11.3 Å². The Balaban J connectivity index is 2.04. The van der Waals surface area contributed by atoms with Gasteiger partial charge in [0.25, 0.3) is 0 Å². The lowest BCUT2D eigenvalue weighted by molar-refractivity contribution is 0.101. The lowest BCUT2D eigenvalue weighted by Crippen LogP contribution is -2.11. The number of hydrogen-bond acceptors (Lipinski definition) is 4. The molecule has 1 unspecified atom stereocenters. The molecule has 1 aliphatic rings. The summed E-state index contributed by atoms with van der Waals surface area (Å²) < 4.78 is 7.61. The zero-order valence-electron chi connectivity index (χ0n) is 8.22. The summed E-state index contributed by atoms with van der Waals surface area (Å²) in [4.78, 5) is 0. The Morgan fingerprint density at radius 2 is 2.57 bits per heavy atom. The second kappa shape index (κ2) is 4.52. The van der Waals surface area contributed by atoms with E-state index in [1.54, 1.807) is 6.33 Å². The van der Waals surface area contributed by atoms with Crippen LogP contribution in [-0.4, -0.2) is 27.9 Å². The van der Waals surface area contributed by atoms with Gasteiger partial charge < -0.3 is 15.0 Å². The van der Waals surface area contributed by atoms with E-state index in [0.29, 0.717) is 6.54 Å². The second-order valence-electron chi connectivity index (χ2n) is 3.53. The molecule has 1 aliphatic heterocycles. The van der Waals surface area contributed by atoms with Crippen molar-refractivity contribution >= 4 is 0 Å². The minimum absolute atomic E-state index is 0.148. The van der Waals surface area contributed by atoms with Crippen molar-refractivity contribution in [3.63, 3.8) is 0 Å². The Bertz CT molecular complexity index is 280. The van der Waals surface area contributed by atoms with Gasteiger partial charge in [-0.3, -0.25) is 0 Å². The third kappa shape index (κ3) is 1.93. The molecule has 78 valence electrons. The highest BCUT2D eigenvalue weighted by atomic mass is 16.5. The van der Waals surface area contributed by atoms with Crippen molar-refractivity contribution in [3.8, 4) is 0 Å². The number of aryl methyl sites for hydroxylation is 1. The molecule has 1 saturated heterocycles. The van der Waals surface area contributed by atoms with E-state index < -0.39 is 0 Å². The molecule has 0 amide bonds. The van der Waals surface area contributed by atoms with Gasteiger partial charge in [0.1, 0.15) is 12.4 Å². The molecule has 5 nitrogen and oxygen atoms in total. The molecule has 1 aromatic heterocycles. The van der Waals surface area contributed by atoms with Crippen LogP contribution in [0.2, 0.25) is 0 Å². The fraction of sp³-hybridized carbons (Fsp3) is 0.778. The summed E-state index contributed by atoms with van der Waals surface area (Å²) in [6.45, 7) is 2.43. The number of hydrogen-bond donors (Lipinski definition) is 1. The van der Waals surface area contributed by atoms with E-state index in [2.05, 4.69) is 10.2 Å². The third-order valence-corrected chi connectivity index (χ3v) is 2.47. The second-order valence-corrected chi connectivity index (χ2v) is 3.53. The van der Waals surface area contributed by atoms with Crippen molar-refractivity contribution in [1.82, 2.24) is 14.8 Å². The molecule has 0 aromatic carbocycles. The van der Waals surface area contributed by atoms with E-state index in [4.69, 9.17) is 10.5 Å². The van der Waals surface area contributed by atoms with E-state index >= 15 is 0 Å². The summed E-state index contributed by atoms with van der Waals surface area (Å²) in [5.41, 5.74) is 5.46. The standard InChI is InChI=1S/C9H16N4O/c10-4-2-5-13-7-11-12-9(13)8-3-1-6-14-8/h7-8H,1-6,10H2. The van der Waals surface area contributed by atoms with Crippen molar-refractivity contribution in [1.29, 1.82) is 0 Å². The van der Waals surface area contributed by atoms with Crippen LogP contribution in [0.3, 0.4) is 0 Å². The van der Waals surface area contributed by atoms with Gasteiger partial charge in [-0.2, -0.15) is 0 Å². The molecule has 14 heavy (non-hydrogen) atoms. The zero-order valence-corrected chi connectivity index (χ0v) is 8.22. The Morgan fingerprint density at radius 1 is 1.64 bits per heavy atom. The summed E-state index contributed by atoms with van der Waals surface area (Å²) in [5, 5.41) is 8.01. The molecule has 2 N–H and O–H groups in total. The van der Waals surface area contributed by atoms with Crippen LogP contribution < -0.4 is 5.73 Å². The maximum absolute atomic E-state index is 5.56. The van der Waals surface area contributed by atoms with Gasteiger partial charge in [-0.15, -0.1) is 10.2 Å². The van der Waals surface area contributed by atoms with Crippen LogP contribution >= 0.6 is 0 Å². The van der Waals surface area contributed by atoms with Gasteiger partial charge in [-0.25, -0.2) is 0 Å². The van der Waals surface area contributed by atoms with E-state index in [1.807, 2.05) is 4.57 Å². The van der Waals surface area contributed by atoms with E-state index in [9.17, 15) is 0 Å². The summed E-state index contributed by atoms with van der Waals surface area (Å²) in [6.07, 6.45) is 5.04. The minimum Gasteiger partial charge on any atom is -0.370 e. The lowest BCUT2D eigenvalue weighted by atomic mass is 10.2. The maximum atomic E-state index is 5.56. The number of rotatable bonds is 4. The molecular weight excluding hydrogens is 180 g/mol. The van der Waals surface area contributed by atoms with Crippen LogP contribution in [0.5, 0.6) is 0 Å². The van der Waals surface area contributed by atoms with Gasteiger partial charge in [0, 0.05) is 13.2 Å². The van der Waals surface area contributed by atoms with Crippen molar-refractivity contribution < 1.29 is 4.74 Å². The molecule has 2 rings (SSSR count). The van der Waals surface area contributed by atoms with Gasteiger partial charge in [-0.05, 0) is 25.8 Å². The van der Waals surface area contributed by atoms with Crippen LogP contribution in [0.1, 0.15) is 31.2 Å². The molecule has 0 spiro atoms. The molecule has 0 aliphatic carbocycles. The quantitative estimate of drug-likeness (QED) is 0.760. The average Bonchev–Trinajstić information content (AvgIpc) is 2.84. The molecule has 1 atom stereocenters. The van der Waals surface area contributed by atoms with Crippen molar-refractivity contribution in [3.05, 3.63) is 12.2 Å². The predicted molar refractivity (Wildman–Crippen MR) is 51.6 cm³/mol. The van der Waals surface area contributed by atoms with Crippen LogP contribution in [0, 0.1) is 0 Å². The minimum atomic E-state index is 0.148. The SMILES string of the molecule is NCCCn1cnnc1C1CCCO1. The monoisotopic (exact) mass is 196 g/mol. The fourth-order valence-corrected chi connectivity index (χ4v) is 1.73. The van der Waals surface area contributed by atoms with Gasteiger partial charge in [0.2, 0.25) is 0 Å². The van der Waals surface area contributed by atoms with E-state index in [-0.39, 0.29) is 6.10 Å². The van der Waals surface area contributed by atoms with Gasteiger partial charge in [0.05, 0.1) is 0 Å². The lowest BCUT2D eigenvalue weighted by Gasteiger charge is -2.10. The smallest absolute Gasteiger partial charge is 0.162 e. The van der Waals surface area contributed by atoms with Crippen LogP contribution in [0.25, 0.3) is 0 Å². The first-order chi connectivity index (χ1) is 6.92. The summed E-state index contributed by atoms with van der Waals surface area (Å²) >= 11 is 0. The summed E-state index contributed by atoms with van der Waals surface area (Å²) in [6, 6.07) is 0. The van der Waals surface area contributed by atoms with Gasteiger partial charge >= 0.3 is 0 Å². The van der Waals surface area contributed by atoms with Crippen molar-refractivity contribution in [2.24, 2.45) is 5.73 Å². The first-order valence-corrected chi connectivity index (χ1v) is 5.11. The molecule has 0 bridgehead atoms. The molecule has 1 fully saturated rings. The van der Waals surface area contributed by atoms with Crippen LogP contribution in [0.15, 0.2) is 6.33 Å². The number of aromatic nitrogens is 3. The normalized spacial score (nSPS) is 21.6. The van der Waals surface area contributed by atoms with Crippen LogP contribution in [0.4, 0.5) is 0 Å². The summed E-state index contributed by atoms with van der Waals surface area (Å²) in [7, 11) is 0. The number of nitrogens with two attached hydrogens (primary N) is 1. The van der Waals surface area contributed by atoms with Gasteiger partial charge in [0.15, 0.2) is 5.82 Å². The maximum Gasteiger partial charge on any atom is 0.162 e. The molecule has 0 radical (unpaired) electrons. The third-order valence-electron chi connectivity index (χ3n) is 2.47. The summed E-state index contributed by atoms with van der Waals surface area (Å²) in [5.74, 6) is 0.955. The topological polar surface area (TPSA) is 66.0 Å². The fourth-order valence-electron chi connectivity index (χ4n) is 1.73. The molecule has 2 heterocycles. The average molecular weight is 196 g/mol. The molecule has 1 aromatic rings. The Morgan fingerprint density at radius 3 is 3.29 bits per heavy atom. The van der Waals surface area contributed by atoms with Gasteiger partial charge in [-0.1, -0.05) is 0 Å². The first kappa shape index (κ1) is 9.61. The van der Waals surface area contributed by atoms with Crippen molar-refractivity contribution in [2.75, 3.05) is 13.2 Å². The highest BCUT2D eigenvalue weighted by molar-refractivity contribution is 4.93. The van der Waals surface area contributed by atoms with E-state index in [1.165, 1.54) is 0 Å². The zero-order chi connectivity index (χ0) is 9.80. The molecule has 5 heteroatoms.